The summed E-state index contributed by atoms with van der Waals surface area (Å²) in [5.74, 6) is -0.710. The number of anilines is 1. The summed E-state index contributed by atoms with van der Waals surface area (Å²) in [7, 11) is 0. The van der Waals surface area contributed by atoms with Gasteiger partial charge >= 0.3 is 5.97 Å². The minimum Gasteiger partial charge on any atom is -0.481 e. The van der Waals surface area contributed by atoms with Gasteiger partial charge in [0.2, 0.25) is 0 Å². The zero-order valence-corrected chi connectivity index (χ0v) is 12.5. The maximum absolute atomic E-state index is 10.6. The van der Waals surface area contributed by atoms with E-state index in [0.29, 0.717) is 0 Å². The lowest BCUT2D eigenvalue weighted by molar-refractivity contribution is -0.137. The summed E-state index contributed by atoms with van der Waals surface area (Å²) in [4.78, 5) is 12.9. The zero-order chi connectivity index (χ0) is 14.8. The largest absolute Gasteiger partial charge is 0.481 e. The molecule has 1 heterocycles. The first-order chi connectivity index (χ1) is 9.48. The minimum absolute atomic E-state index is 0.0259. The van der Waals surface area contributed by atoms with Crippen LogP contribution in [0.5, 0.6) is 0 Å². The second-order valence-electron chi connectivity index (χ2n) is 5.82. The molecule has 0 unspecified atom stereocenters. The minimum atomic E-state index is -0.710. The van der Waals surface area contributed by atoms with Gasteiger partial charge in [0, 0.05) is 29.8 Å². The van der Waals surface area contributed by atoms with Crippen LogP contribution in [0.3, 0.4) is 0 Å². The van der Waals surface area contributed by atoms with E-state index in [2.05, 4.69) is 56.0 Å². The fourth-order valence-electron chi connectivity index (χ4n) is 3.15. The van der Waals surface area contributed by atoms with Gasteiger partial charge < -0.3 is 10.0 Å². The highest BCUT2D eigenvalue weighted by Gasteiger charge is 2.38. The number of para-hydroxylation sites is 1. The van der Waals surface area contributed by atoms with E-state index in [1.165, 1.54) is 16.9 Å². The molecule has 1 aromatic carbocycles. The van der Waals surface area contributed by atoms with E-state index in [9.17, 15) is 4.79 Å². The molecule has 2 rings (SSSR count). The summed E-state index contributed by atoms with van der Waals surface area (Å²) in [6, 6.07) is 8.50. The molecule has 0 amide bonds. The molecule has 0 bridgehead atoms. The summed E-state index contributed by atoms with van der Waals surface area (Å²) >= 11 is 0. The van der Waals surface area contributed by atoms with Crippen LogP contribution in [-0.4, -0.2) is 17.6 Å². The molecule has 0 spiro atoms. The molecule has 1 aliphatic heterocycles. The lowest BCUT2D eigenvalue weighted by Crippen LogP contribution is -2.27. The Hall–Kier alpha value is -1.77. The van der Waals surface area contributed by atoms with Gasteiger partial charge in [0.1, 0.15) is 0 Å². The van der Waals surface area contributed by atoms with Crippen molar-refractivity contribution in [3.8, 4) is 0 Å². The Balaban J connectivity index is 2.17. The molecule has 1 aliphatic rings. The normalized spacial score (nSPS) is 18.4. The van der Waals surface area contributed by atoms with Crippen molar-refractivity contribution in [3.63, 3.8) is 0 Å². The molecule has 3 nitrogen and oxygen atoms in total. The number of nitrogens with zero attached hydrogens (tertiary/aromatic N) is 1. The fraction of sp³-hybridized carbons (Fsp3) is 0.471. The van der Waals surface area contributed by atoms with Crippen molar-refractivity contribution < 1.29 is 9.90 Å². The molecule has 0 fully saturated rings. The van der Waals surface area contributed by atoms with Crippen LogP contribution >= 0.6 is 0 Å². The SMILES string of the molecule is C/C=C1/N(CCCCC(=O)O)c2ccccc2C1(C)C. The molecule has 0 aromatic heterocycles. The van der Waals surface area contributed by atoms with Gasteiger partial charge in [-0.15, -0.1) is 0 Å². The number of hydrogen-bond acceptors (Lipinski definition) is 2. The van der Waals surface area contributed by atoms with Gasteiger partial charge in [-0.1, -0.05) is 38.1 Å². The lowest BCUT2D eigenvalue weighted by atomic mass is 9.84. The Labute approximate surface area is 120 Å². The molecule has 1 aromatic rings. The number of carboxylic acid groups (broad SMARTS) is 1. The van der Waals surface area contributed by atoms with Crippen molar-refractivity contribution in [2.75, 3.05) is 11.4 Å². The third kappa shape index (κ3) is 2.58. The molecular formula is C17H23NO2. The predicted octanol–water partition coefficient (Wildman–Crippen LogP) is 3.94. The van der Waals surface area contributed by atoms with E-state index in [1.807, 2.05) is 0 Å². The molecule has 0 aliphatic carbocycles. The van der Waals surface area contributed by atoms with Gasteiger partial charge in [0.15, 0.2) is 0 Å². The van der Waals surface area contributed by atoms with Crippen LogP contribution in [0.25, 0.3) is 0 Å². The molecule has 0 saturated carbocycles. The fourth-order valence-corrected chi connectivity index (χ4v) is 3.15. The van der Waals surface area contributed by atoms with Crippen molar-refractivity contribution >= 4 is 11.7 Å². The Morgan fingerprint density at radius 2 is 2.00 bits per heavy atom. The zero-order valence-electron chi connectivity index (χ0n) is 12.5. The molecule has 20 heavy (non-hydrogen) atoms. The third-order valence-electron chi connectivity index (χ3n) is 4.10. The number of carboxylic acids is 1. The first kappa shape index (κ1) is 14.6. The Morgan fingerprint density at radius 3 is 2.65 bits per heavy atom. The van der Waals surface area contributed by atoms with Gasteiger partial charge in [-0.25, -0.2) is 0 Å². The number of carbonyl (C=O) groups is 1. The Kier molecular flexibility index (Phi) is 4.17. The van der Waals surface area contributed by atoms with Crippen LogP contribution in [0.1, 0.15) is 45.6 Å². The maximum Gasteiger partial charge on any atom is 0.303 e. The average molecular weight is 273 g/mol. The van der Waals surface area contributed by atoms with Gasteiger partial charge in [-0.2, -0.15) is 0 Å². The maximum atomic E-state index is 10.6. The van der Waals surface area contributed by atoms with Crippen molar-refractivity contribution in [3.05, 3.63) is 41.6 Å². The first-order valence-electron chi connectivity index (χ1n) is 7.24. The lowest BCUT2D eigenvalue weighted by Gasteiger charge is -2.27. The second-order valence-corrected chi connectivity index (χ2v) is 5.82. The number of aliphatic carboxylic acids is 1. The second kappa shape index (κ2) is 5.70. The van der Waals surface area contributed by atoms with Crippen LogP contribution in [0.4, 0.5) is 5.69 Å². The summed E-state index contributed by atoms with van der Waals surface area (Å²) in [6.45, 7) is 7.46. The molecule has 3 heteroatoms. The van der Waals surface area contributed by atoms with Gasteiger partial charge in [0.05, 0.1) is 0 Å². The monoisotopic (exact) mass is 273 g/mol. The number of rotatable bonds is 5. The van der Waals surface area contributed by atoms with Crippen LogP contribution < -0.4 is 4.90 Å². The summed E-state index contributed by atoms with van der Waals surface area (Å²) in [5, 5.41) is 8.72. The molecule has 0 saturated heterocycles. The summed E-state index contributed by atoms with van der Waals surface area (Å²) in [5.41, 5.74) is 3.96. The number of hydrogen-bond donors (Lipinski definition) is 1. The van der Waals surface area contributed by atoms with E-state index in [1.54, 1.807) is 0 Å². The van der Waals surface area contributed by atoms with Crippen molar-refractivity contribution in [1.29, 1.82) is 0 Å². The predicted molar refractivity (Wildman–Crippen MR) is 82.1 cm³/mol. The van der Waals surface area contributed by atoms with E-state index in [0.717, 1.165) is 19.4 Å². The standard InChI is InChI=1S/C17H23NO2/c1-4-15-17(2,3)13-9-5-6-10-14(13)18(15)12-8-7-11-16(19)20/h4-6,9-10H,7-8,11-12H2,1-3H3,(H,19,20)/b15-4+. The van der Waals surface area contributed by atoms with Gasteiger partial charge in [0.25, 0.3) is 0 Å². The third-order valence-corrected chi connectivity index (χ3v) is 4.10. The van der Waals surface area contributed by atoms with Crippen molar-refractivity contribution in [2.45, 2.75) is 45.4 Å². The number of allylic oxidation sites excluding steroid dienone is 2. The van der Waals surface area contributed by atoms with Crippen LogP contribution in [0, 0.1) is 0 Å². The number of fused-ring (bicyclic) bond motifs is 1. The van der Waals surface area contributed by atoms with E-state index >= 15 is 0 Å². The molecule has 0 atom stereocenters. The summed E-state index contributed by atoms with van der Waals surface area (Å²) in [6.07, 6.45) is 4.06. The smallest absolute Gasteiger partial charge is 0.303 e. The van der Waals surface area contributed by atoms with Gasteiger partial charge in [-0.3, -0.25) is 4.79 Å². The van der Waals surface area contributed by atoms with Crippen LogP contribution in [0.15, 0.2) is 36.0 Å². The molecule has 108 valence electrons. The van der Waals surface area contributed by atoms with E-state index < -0.39 is 5.97 Å². The van der Waals surface area contributed by atoms with Gasteiger partial charge in [-0.05, 0) is 31.4 Å². The highest BCUT2D eigenvalue weighted by atomic mass is 16.4. The van der Waals surface area contributed by atoms with E-state index in [4.69, 9.17) is 5.11 Å². The van der Waals surface area contributed by atoms with Crippen LogP contribution in [-0.2, 0) is 10.2 Å². The first-order valence-corrected chi connectivity index (χ1v) is 7.24. The highest BCUT2D eigenvalue weighted by Crippen LogP contribution is 2.47. The number of benzene rings is 1. The molecular weight excluding hydrogens is 250 g/mol. The average Bonchev–Trinajstić information content (AvgIpc) is 2.62. The van der Waals surface area contributed by atoms with Crippen molar-refractivity contribution in [2.24, 2.45) is 0 Å². The number of unbranched alkanes of at least 4 members (excludes halogenated alkanes) is 1. The molecule has 1 N–H and O–H groups in total. The highest BCUT2D eigenvalue weighted by molar-refractivity contribution is 5.70. The Morgan fingerprint density at radius 1 is 1.30 bits per heavy atom. The van der Waals surface area contributed by atoms with E-state index in [-0.39, 0.29) is 11.8 Å². The summed E-state index contributed by atoms with van der Waals surface area (Å²) < 4.78 is 0. The quantitative estimate of drug-likeness (QED) is 0.826. The van der Waals surface area contributed by atoms with Crippen LogP contribution in [0.2, 0.25) is 0 Å². The Bertz CT molecular complexity index is 532. The molecule has 0 radical (unpaired) electrons. The van der Waals surface area contributed by atoms with Crippen molar-refractivity contribution in [1.82, 2.24) is 0 Å². The topological polar surface area (TPSA) is 40.5 Å².